The molecule has 0 aliphatic heterocycles. The molecule has 0 amide bonds. The summed E-state index contributed by atoms with van der Waals surface area (Å²) in [7, 11) is -3.63. The van der Waals surface area contributed by atoms with Gasteiger partial charge in [-0.05, 0) is 43.0 Å². The normalized spacial score (nSPS) is 27.2. The van der Waals surface area contributed by atoms with Crippen molar-refractivity contribution in [1.29, 1.82) is 0 Å². The van der Waals surface area contributed by atoms with Gasteiger partial charge in [-0.25, -0.2) is 13.6 Å². The van der Waals surface area contributed by atoms with Gasteiger partial charge in [-0.1, -0.05) is 19.8 Å². The van der Waals surface area contributed by atoms with E-state index in [-0.39, 0.29) is 10.4 Å². The lowest BCUT2D eigenvalue weighted by Crippen LogP contribution is -2.48. The Bertz CT molecular complexity index is 556. The SMILES string of the molecule is CC1CCCC(CN)(Nc2ccc(S(N)(=O)=O)cc2)C1. The Kier molecular flexibility index (Phi) is 4.36. The molecule has 1 aliphatic rings. The Hall–Kier alpha value is -1.11. The van der Waals surface area contributed by atoms with Crippen LogP contribution in [0.15, 0.2) is 29.2 Å². The first-order valence-electron chi connectivity index (χ1n) is 6.96. The van der Waals surface area contributed by atoms with Gasteiger partial charge in [0.05, 0.1) is 4.90 Å². The molecule has 5 nitrogen and oxygen atoms in total. The van der Waals surface area contributed by atoms with Gasteiger partial charge in [-0.3, -0.25) is 0 Å². The average molecular weight is 297 g/mol. The molecule has 2 atom stereocenters. The number of rotatable bonds is 4. The van der Waals surface area contributed by atoms with E-state index >= 15 is 0 Å². The molecule has 0 aromatic heterocycles. The van der Waals surface area contributed by atoms with Crippen molar-refractivity contribution >= 4 is 15.7 Å². The minimum absolute atomic E-state index is 0.0826. The maximum absolute atomic E-state index is 11.2. The largest absolute Gasteiger partial charge is 0.378 e. The van der Waals surface area contributed by atoms with Crippen LogP contribution in [0.25, 0.3) is 0 Å². The van der Waals surface area contributed by atoms with Gasteiger partial charge in [0.25, 0.3) is 0 Å². The van der Waals surface area contributed by atoms with E-state index in [1.165, 1.54) is 25.0 Å². The number of hydrogen-bond donors (Lipinski definition) is 3. The highest BCUT2D eigenvalue weighted by Crippen LogP contribution is 2.34. The van der Waals surface area contributed by atoms with Crippen molar-refractivity contribution in [2.75, 3.05) is 11.9 Å². The molecule has 0 saturated heterocycles. The topological polar surface area (TPSA) is 98.2 Å². The van der Waals surface area contributed by atoms with Gasteiger partial charge in [0.1, 0.15) is 0 Å². The number of hydrogen-bond acceptors (Lipinski definition) is 4. The molecule has 0 radical (unpaired) electrons. The van der Waals surface area contributed by atoms with Crippen LogP contribution in [0.2, 0.25) is 0 Å². The summed E-state index contributed by atoms with van der Waals surface area (Å²) in [5.74, 6) is 0.656. The number of anilines is 1. The molecular formula is C14H23N3O2S. The van der Waals surface area contributed by atoms with Gasteiger partial charge >= 0.3 is 0 Å². The van der Waals surface area contributed by atoms with Crippen LogP contribution in [0.3, 0.4) is 0 Å². The number of primary sulfonamides is 1. The highest BCUT2D eigenvalue weighted by atomic mass is 32.2. The number of sulfonamides is 1. The third-order valence-electron chi connectivity index (χ3n) is 4.07. The summed E-state index contributed by atoms with van der Waals surface area (Å²) < 4.78 is 22.5. The molecule has 0 heterocycles. The second-order valence-electron chi connectivity index (χ2n) is 5.88. The van der Waals surface area contributed by atoms with Crippen molar-refractivity contribution in [3.05, 3.63) is 24.3 Å². The molecule has 5 N–H and O–H groups in total. The quantitative estimate of drug-likeness (QED) is 0.787. The van der Waals surface area contributed by atoms with Crippen molar-refractivity contribution in [2.24, 2.45) is 16.8 Å². The number of nitrogens with one attached hydrogen (secondary N) is 1. The van der Waals surface area contributed by atoms with Gasteiger partial charge in [-0.2, -0.15) is 0 Å². The third kappa shape index (κ3) is 3.50. The Labute approximate surface area is 120 Å². The van der Waals surface area contributed by atoms with Crippen molar-refractivity contribution in [3.8, 4) is 0 Å². The molecule has 0 bridgehead atoms. The summed E-state index contributed by atoms with van der Waals surface area (Å²) in [6, 6.07) is 6.54. The monoisotopic (exact) mass is 297 g/mol. The van der Waals surface area contributed by atoms with E-state index in [0.717, 1.165) is 18.5 Å². The summed E-state index contributed by atoms with van der Waals surface area (Å²) in [5, 5.41) is 8.59. The van der Waals surface area contributed by atoms with E-state index in [9.17, 15) is 8.42 Å². The summed E-state index contributed by atoms with van der Waals surface area (Å²) in [5.41, 5.74) is 6.77. The molecule has 2 rings (SSSR count). The van der Waals surface area contributed by atoms with E-state index in [4.69, 9.17) is 10.9 Å². The molecule has 112 valence electrons. The Balaban J connectivity index is 2.16. The zero-order chi connectivity index (χ0) is 14.8. The summed E-state index contributed by atoms with van der Waals surface area (Å²) in [6.45, 7) is 2.82. The fourth-order valence-electron chi connectivity index (χ4n) is 3.04. The lowest BCUT2D eigenvalue weighted by molar-refractivity contribution is 0.264. The fourth-order valence-corrected chi connectivity index (χ4v) is 3.56. The van der Waals surface area contributed by atoms with Crippen LogP contribution in [-0.4, -0.2) is 20.5 Å². The zero-order valence-corrected chi connectivity index (χ0v) is 12.6. The smallest absolute Gasteiger partial charge is 0.238 e. The summed E-state index contributed by atoms with van der Waals surface area (Å²) in [4.78, 5) is 0.127. The molecule has 1 aromatic rings. The lowest BCUT2D eigenvalue weighted by atomic mass is 9.76. The molecule has 1 saturated carbocycles. The van der Waals surface area contributed by atoms with Crippen molar-refractivity contribution < 1.29 is 8.42 Å². The first kappa shape index (κ1) is 15.3. The highest BCUT2D eigenvalue weighted by molar-refractivity contribution is 7.89. The van der Waals surface area contributed by atoms with Gasteiger partial charge in [0.15, 0.2) is 0 Å². The molecule has 6 heteroatoms. The van der Waals surface area contributed by atoms with Crippen molar-refractivity contribution in [3.63, 3.8) is 0 Å². The van der Waals surface area contributed by atoms with Crippen molar-refractivity contribution in [2.45, 2.75) is 43.0 Å². The average Bonchev–Trinajstić information content (AvgIpc) is 2.38. The molecule has 1 fully saturated rings. The van der Waals surface area contributed by atoms with Gasteiger partial charge in [0, 0.05) is 17.8 Å². The molecule has 1 aliphatic carbocycles. The molecule has 0 spiro atoms. The third-order valence-corrected chi connectivity index (χ3v) is 5.00. The standard InChI is InChI=1S/C14H23N3O2S/c1-11-3-2-8-14(9-11,10-15)17-12-4-6-13(7-5-12)20(16,18)19/h4-7,11,17H,2-3,8-10,15H2,1H3,(H2,16,18,19). The molecule has 1 aromatic carbocycles. The Morgan fingerprint density at radius 2 is 2.00 bits per heavy atom. The number of nitrogens with two attached hydrogens (primary N) is 2. The first-order valence-corrected chi connectivity index (χ1v) is 8.50. The Morgan fingerprint density at radius 3 is 2.50 bits per heavy atom. The van der Waals surface area contributed by atoms with Gasteiger partial charge < -0.3 is 11.1 Å². The molecular weight excluding hydrogens is 274 g/mol. The first-order chi connectivity index (χ1) is 9.35. The van der Waals surface area contributed by atoms with Crippen LogP contribution >= 0.6 is 0 Å². The summed E-state index contributed by atoms with van der Waals surface area (Å²) >= 11 is 0. The summed E-state index contributed by atoms with van der Waals surface area (Å²) in [6.07, 6.45) is 4.50. The highest BCUT2D eigenvalue weighted by Gasteiger charge is 2.33. The van der Waals surface area contributed by atoms with Crippen LogP contribution in [-0.2, 0) is 10.0 Å². The van der Waals surface area contributed by atoms with E-state index in [1.54, 1.807) is 12.1 Å². The van der Waals surface area contributed by atoms with Crippen LogP contribution in [0.4, 0.5) is 5.69 Å². The van der Waals surface area contributed by atoms with Crippen LogP contribution in [0, 0.1) is 5.92 Å². The number of benzene rings is 1. The maximum atomic E-state index is 11.2. The second-order valence-corrected chi connectivity index (χ2v) is 7.44. The van der Waals surface area contributed by atoms with Crippen LogP contribution in [0.5, 0.6) is 0 Å². The van der Waals surface area contributed by atoms with Crippen LogP contribution in [0.1, 0.15) is 32.6 Å². The van der Waals surface area contributed by atoms with Crippen LogP contribution < -0.4 is 16.2 Å². The second kappa shape index (κ2) is 5.71. The molecule has 20 heavy (non-hydrogen) atoms. The van der Waals surface area contributed by atoms with Gasteiger partial charge in [0.2, 0.25) is 10.0 Å². The fraction of sp³-hybridized carbons (Fsp3) is 0.571. The van der Waals surface area contributed by atoms with Crippen molar-refractivity contribution in [1.82, 2.24) is 0 Å². The van der Waals surface area contributed by atoms with E-state index < -0.39 is 10.0 Å². The molecule has 2 unspecified atom stereocenters. The Morgan fingerprint density at radius 1 is 1.35 bits per heavy atom. The predicted molar refractivity (Wildman–Crippen MR) is 80.9 cm³/mol. The van der Waals surface area contributed by atoms with Gasteiger partial charge in [-0.15, -0.1) is 0 Å². The van der Waals surface area contributed by atoms with E-state index in [0.29, 0.717) is 12.5 Å². The zero-order valence-electron chi connectivity index (χ0n) is 11.8. The minimum atomic E-state index is -3.63. The van der Waals surface area contributed by atoms with E-state index in [2.05, 4.69) is 12.2 Å². The minimum Gasteiger partial charge on any atom is -0.378 e. The predicted octanol–water partition coefficient (Wildman–Crippen LogP) is 1.65. The van der Waals surface area contributed by atoms with E-state index in [1.807, 2.05) is 0 Å². The lowest BCUT2D eigenvalue weighted by Gasteiger charge is -2.40. The maximum Gasteiger partial charge on any atom is 0.238 e.